The van der Waals surface area contributed by atoms with Crippen molar-refractivity contribution >= 4 is 56.3 Å². The Morgan fingerprint density at radius 3 is 1.70 bits per heavy atom. The van der Waals surface area contributed by atoms with Gasteiger partial charge in [0.05, 0.1) is 0 Å². The van der Waals surface area contributed by atoms with Gasteiger partial charge in [0.25, 0.3) is 10.1 Å². The minimum atomic E-state index is -4.53. The molecule has 0 aliphatic rings. The Labute approximate surface area is 150 Å². The topological polar surface area (TPSA) is 92.4 Å². The normalized spacial score (nSPS) is 12.7. The van der Waals surface area contributed by atoms with Gasteiger partial charge in [-0.15, -0.1) is 0 Å². The summed E-state index contributed by atoms with van der Waals surface area (Å²) >= 11 is 16.4. The van der Waals surface area contributed by atoms with Crippen LogP contribution < -0.4 is 11.1 Å². The van der Waals surface area contributed by atoms with Gasteiger partial charge >= 0.3 is 0 Å². The predicted octanol–water partition coefficient (Wildman–Crippen LogP) is 3.95. The van der Waals surface area contributed by atoms with E-state index in [1.807, 2.05) is 30.3 Å². The van der Waals surface area contributed by atoms with Crippen LogP contribution in [0.4, 0.5) is 11.4 Å². The Hall–Kier alpha value is -1.18. The lowest BCUT2D eigenvalue weighted by atomic mass is 10.3. The number of nitrogens with one attached hydrogen (secondary N) is 1. The average Bonchev–Trinajstić information content (AvgIpc) is 2.45. The van der Waals surface area contributed by atoms with Gasteiger partial charge in [0.15, 0.2) is 0 Å². The van der Waals surface area contributed by atoms with Crippen LogP contribution in [0.2, 0.25) is 0 Å². The van der Waals surface area contributed by atoms with Gasteiger partial charge in [-0.1, -0.05) is 71.2 Å². The van der Waals surface area contributed by atoms with Crippen molar-refractivity contribution in [3.63, 3.8) is 0 Å². The Morgan fingerprint density at radius 1 is 0.957 bits per heavy atom. The summed E-state index contributed by atoms with van der Waals surface area (Å²) in [6, 6.07) is 17.7. The highest BCUT2D eigenvalue weighted by molar-refractivity contribution is 7.86. The number of nitrogens with two attached hydrogens (primary N) is 1. The van der Waals surface area contributed by atoms with Crippen LogP contribution in [0, 0.1) is 0 Å². The van der Waals surface area contributed by atoms with Crippen molar-refractivity contribution in [2.24, 2.45) is 0 Å². The maximum absolute atomic E-state index is 11.0. The third-order valence-electron chi connectivity index (χ3n) is 2.47. The fourth-order valence-electron chi connectivity index (χ4n) is 1.46. The molecule has 4 N–H and O–H groups in total. The number of para-hydroxylation sites is 2. The number of benzene rings is 2. The van der Waals surface area contributed by atoms with Crippen molar-refractivity contribution < 1.29 is 13.0 Å². The van der Waals surface area contributed by atoms with Gasteiger partial charge in [-0.25, -0.2) is 0 Å². The van der Waals surface area contributed by atoms with Gasteiger partial charge in [0, 0.05) is 11.4 Å². The molecule has 0 aliphatic heterocycles. The molecule has 9 heteroatoms. The summed E-state index contributed by atoms with van der Waals surface area (Å²) in [5, 5.41) is 0.696. The van der Waals surface area contributed by atoms with Crippen molar-refractivity contribution in [2.45, 2.75) is 9.17 Å². The monoisotopic (exact) mass is 396 g/mol. The summed E-state index contributed by atoms with van der Waals surface area (Å²) < 4.78 is 28.8. The molecule has 0 aliphatic carbocycles. The minimum Gasteiger partial charge on any atom is -0.399 e. The van der Waals surface area contributed by atoms with Gasteiger partial charge < -0.3 is 11.1 Å². The summed E-state index contributed by atoms with van der Waals surface area (Å²) in [5.41, 5.74) is 6.59. The molecule has 2 rings (SSSR count). The molecule has 0 aromatic heterocycles. The van der Waals surface area contributed by atoms with Gasteiger partial charge in [0.2, 0.25) is 9.17 Å². The van der Waals surface area contributed by atoms with E-state index in [0.717, 1.165) is 5.69 Å². The smallest absolute Gasteiger partial charge is 0.290 e. The van der Waals surface area contributed by atoms with Crippen LogP contribution in [0.3, 0.4) is 0 Å². The Morgan fingerprint density at radius 2 is 1.39 bits per heavy atom. The number of halogens is 3. The zero-order valence-corrected chi connectivity index (χ0v) is 14.8. The first-order valence-electron chi connectivity index (χ1n) is 6.26. The molecule has 0 amide bonds. The van der Waals surface area contributed by atoms with Crippen LogP contribution in [-0.2, 0) is 10.1 Å². The molecule has 126 valence electrons. The molecular formula is C14H15Cl3N2O3S. The standard InChI is InChI=1S/C8H8Cl3NO3S.C6H7N/c9-8(10,11)7(16(13,14)15)12-6-4-2-1-3-5-6;7-6-4-2-1-3-5-6/h1-5,7,12H,(H,13,14,15);1-5H,7H2. The van der Waals surface area contributed by atoms with Crippen LogP contribution in [-0.4, -0.2) is 22.1 Å². The van der Waals surface area contributed by atoms with Gasteiger partial charge in [-0.2, -0.15) is 8.42 Å². The van der Waals surface area contributed by atoms with E-state index in [-0.39, 0.29) is 0 Å². The highest BCUT2D eigenvalue weighted by Gasteiger charge is 2.42. The Balaban J connectivity index is 0.000000313. The highest BCUT2D eigenvalue weighted by Crippen LogP contribution is 2.34. The lowest BCUT2D eigenvalue weighted by Gasteiger charge is -2.23. The van der Waals surface area contributed by atoms with Crippen LogP contribution in [0.5, 0.6) is 0 Å². The zero-order valence-electron chi connectivity index (χ0n) is 11.7. The second-order valence-electron chi connectivity index (χ2n) is 4.36. The molecule has 0 spiro atoms. The first kappa shape index (κ1) is 19.9. The zero-order chi connectivity index (χ0) is 17.5. The van der Waals surface area contributed by atoms with E-state index < -0.39 is 19.3 Å². The Kier molecular flexibility index (Phi) is 7.44. The molecule has 1 atom stereocenters. The van der Waals surface area contributed by atoms with E-state index >= 15 is 0 Å². The highest BCUT2D eigenvalue weighted by atomic mass is 35.6. The molecule has 0 bridgehead atoms. The molecule has 0 radical (unpaired) electrons. The summed E-state index contributed by atoms with van der Waals surface area (Å²) in [7, 11) is -4.53. The number of hydrogen-bond donors (Lipinski definition) is 3. The number of alkyl halides is 3. The predicted molar refractivity (Wildman–Crippen MR) is 96.5 cm³/mol. The summed E-state index contributed by atoms with van der Waals surface area (Å²) in [4.78, 5) is 0. The van der Waals surface area contributed by atoms with E-state index in [9.17, 15) is 8.42 Å². The summed E-state index contributed by atoms with van der Waals surface area (Å²) in [5.74, 6) is 0. The van der Waals surface area contributed by atoms with E-state index in [1.165, 1.54) is 0 Å². The summed E-state index contributed by atoms with van der Waals surface area (Å²) in [6.45, 7) is 0. The van der Waals surface area contributed by atoms with E-state index in [0.29, 0.717) is 5.69 Å². The second kappa shape index (κ2) is 8.61. The molecular weight excluding hydrogens is 383 g/mol. The number of nitrogen functional groups attached to an aromatic ring is 1. The second-order valence-corrected chi connectivity index (χ2v) is 8.23. The molecule has 0 saturated carbocycles. The number of rotatable bonds is 3. The lowest BCUT2D eigenvalue weighted by Crippen LogP contribution is -2.40. The SMILES string of the molecule is Nc1ccccc1.O=S(=O)(O)C(Nc1ccccc1)C(Cl)(Cl)Cl. The van der Waals surface area contributed by atoms with Crippen LogP contribution in [0.25, 0.3) is 0 Å². The molecule has 0 saturated heterocycles. The first-order chi connectivity index (χ1) is 10.6. The van der Waals surface area contributed by atoms with Crippen molar-refractivity contribution in [1.29, 1.82) is 0 Å². The van der Waals surface area contributed by atoms with E-state index in [1.54, 1.807) is 30.3 Å². The molecule has 1 unspecified atom stereocenters. The molecule has 0 fully saturated rings. The minimum absolute atomic E-state index is 0.413. The number of anilines is 2. The van der Waals surface area contributed by atoms with Crippen molar-refractivity contribution in [2.75, 3.05) is 11.1 Å². The fraction of sp³-hybridized carbons (Fsp3) is 0.143. The maximum atomic E-state index is 11.0. The average molecular weight is 398 g/mol. The van der Waals surface area contributed by atoms with Crippen molar-refractivity contribution in [3.8, 4) is 0 Å². The van der Waals surface area contributed by atoms with Crippen LogP contribution >= 0.6 is 34.8 Å². The maximum Gasteiger partial charge on any atom is 0.290 e. The largest absolute Gasteiger partial charge is 0.399 e. The Bertz CT molecular complexity index is 692. The van der Waals surface area contributed by atoms with Crippen molar-refractivity contribution in [3.05, 3.63) is 60.7 Å². The molecule has 2 aromatic rings. The van der Waals surface area contributed by atoms with Crippen LogP contribution in [0.1, 0.15) is 0 Å². The molecule has 0 heterocycles. The van der Waals surface area contributed by atoms with Gasteiger partial charge in [0.1, 0.15) is 0 Å². The van der Waals surface area contributed by atoms with E-state index in [4.69, 9.17) is 45.1 Å². The first-order valence-corrected chi connectivity index (χ1v) is 8.89. The third-order valence-corrected chi connectivity index (χ3v) is 4.58. The molecule has 5 nitrogen and oxygen atoms in total. The summed E-state index contributed by atoms with van der Waals surface area (Å²) in [6.07, 6.45) is 0. The quantitative estimate of drug-likeness (QED) is 0.414. The van der Waals surface area contributed by atoms with Crippen molar-refractivity contribution in [1.82, 2.24) is 0 Å². The van der Waals surface area contributed by atoms with Crippen LogP contribution in [0.15, 0.2) is 60.7 Å². The van der Waals surface area contributed by atoms with Gasteiger partial charge in [-0.05, 0) is 24.3 Å². The van der Waals surface area contributed by atoms with Gasteiger partial charge in [-0.3, -0.25) is 4.55 Å². The van der Waals surface area contributed by atoms with E-state index in [2.05, 4.69) is 5.32 Å². The molecule has 2 aromatic carbocycles. The number of hydrogen-bond acceptors (Lipinski definition) is 4. The third kappa shape index (κ3) is 7.76. The lowest BCUT2D eigenvalue weighted by molar-refractivity contribution is 0.472. The molecule has 23 heavy (non-hydrogen) atoms. The fourth-order valence-corrected chi connectivity index (χ4v) is 3.26.